The number of benzene rings is 1. The van der Waals surface area contributed by atoms with Crippen LogP contribution < -0.4 is 0 Å². The molecule has 6 rings (SSSR count). The highest BCUT2D eigenvalue weighted by Crippen LogP contribution is 2.75. The Labute approximate surface area is 264 Å². The molecule has 1 aromatic carbocycles. The average Bonchev–Trinajstić information content (AvgIpc) is 2.97. The highest BCUT2D eigenvalue weighted by molar-refractivity contribution is 5.96. The van der Waals surface area contributed by atoms with Gasteiger partial charge in [-0.1, -0.05) is 77.4 Å². The molecule has 0 aliphatic heterocycles. The van der Waals surface area contributed by atoms with Gasteiger partial charge in [-0.2, -0.15) is 0 Å². The molecule has 5 nitrogen and oxygen atoms in total. The number of methoxy groups -OCH3 is 1. The number of rotatable bonds is 4. The van der Waals surface area contributed by atoms with Crippen LogP contribution in [0.1, 0.15) is 112 Å². The molecule has 0 bridgehead atoms. The van der Waals surface area contributed by atoms with E-state index in [1.54, 1.807) is 0 Å². The zero-order valence-electron chi connectivity index (χ0n) is 28.4. The molecule has 0 aromatic heterocycles. The zero-order valence-corrected chi connectivity index (χ0v) is 28.4. The van der Waals surface area contributed by atoms with E-state index in [4.69, 9.17) is 9.47 Å². The van der Waals surface area contributed by atoms with Crippen molar-refractivity contribution < 1.29 is 23.9 Å². The summed E-state index contributed by atoms with van der Waals surface area (Å²) >= 11 is 0. The Kier molecular flexibility index (Phi) is 7.38. The van der Waals surface area contributed by atoms with Gasteiger partial charge in [0.2, 0.25) is 0 Å². The molecule has 4 fully saturated rings. The monoisotopic (exact) mass is 602 g/mol. The van der Waals surface area contributed by atoms with E-state index >= 15 is 0 Å². The van der Waals surface area contributed by atoms with Crippen molar-refractivity contribution in [2.24, 2.45) is 56.2 Å². The largest absolute Gasteiger partial charge is 0.469 e. The molecule has 0 spiro atoms. The molecule has 5 aliphatic rings. The lowest BCUT2D eigenvalue weighted by Crippen LogP contribution is -2.66. The Morgan fingerprint density at radius 1 is 0.864 bits per heavy atom. The molecule has 0 unspecified atom stereocenters. The summed E-state index contributed by atoms with van der Waals surface area (Å²) in [5.74, 6) is 0.317. The van der Waals surface area contributed by atoms with Crippen LogP contribution in [0.3, 0.4) is 0 Å². The topological polar surface area (TPSA) is 69.7 Å². The molecule has 1 aromatic rings. The quantitative estimate of drug-likeness (QED) is 0.323. The van der Waals surface area contributed by atoms with Crippen molar-refractivity contribution >= 4 is 17.7 Å². The molecule has 0 saturated heterocycles. The summed E-state index contributed by atoms with van der Waals surface area (Å²) in [6.45, 7) is 16.5. The third-order valence-corrected chi connectivity index (χ3v) is 14.8. The van der Waals surface area contributed by atoms with Crippen molar-refractivity contribution in [3.8, 4) is 0 Å². The summed E-state index contributed by atoms with van der Waals surface area (Å²) in [7, 11) is 1.50. The Balaban J connectivity index is 1.33. The first kappa shape index (κ1) is 31.5. The Hall–Kier alpha value is -2.43. The highest BCUT2D eigenvalue weighted by atomic mass is 16.5. The Morgan fingerprint density at radius 3 is 2.23 bits per heavy atom. The minimum atomic E-state index is -0.571. The smallest absolute Gasteiger partial charge is 0.312 e. The number of ketones is 1. The van der Waals surface area contributed by atoms with Crippen molar-refractivity contribution in [2.45, 2.75) is 113 Å². The van der Waals surface area contributed by atoms with Gasteiger partial charge in [-0.3, -0.25) is 14.4 Å². The standard InChI is InChI=1S/C39H54O5/c1-34(2)26(32(41)43-8)14-16-37(5)30(34)15-17-39(7)31(37)29(40)22-27-28-23-36(4,19-18-35(28,3)20-21-38(27,39)6)33(42)44-24-25-12-10-9-11-13-25/h9-13,22,26,28,30-31H,14-21,23-24H2,1-8H3/t26-,28+,30+,31-,35-,36+,37+,38-,39-/m1/s1. The van der Waals surface area contributed by atoms with Crippen molar-refractivity contribution in [3.63, 3.8) is 0 Å². The van der Waals surface area contributed by atoms with Crippen LogP contribution in [-0.2, 0) is 30.5 Å². The van der Waals surface area contributed by atoms with E-state index < -0.39 is 5.41 Å². The number of allylic oxidation sites excluding steroid dienone is 2. The number of carbonyl (C=O) groups is 3. The second kappa shape index (κ2) is 10.3. The van der Waals surface area contributed by atoms with Crippen LogP contribution in [0.15, 0.2) is 42.0 Å². The van der Waals surface area contributed by atoms with Gasteiger partial charge in [0.1, 0.15) is 6.61 Å². The molecule has 44 heavy (non-hydrogen) atoms. The van der Waals surface area contributed by atoms with Crippen molar-refractivity contribution in [1.82, 2.24) is 0 Å². The van der Waals surface area contributed by atoms with Gasteiger partial charge in [0.15, 0.2) is 5.78 Å². The summed E-state index contributed by atoms with van der Waals surface area (Å²) in [5.41, 5.74) is 1.13. The van der Waals surface area contributed by atoms with Crippen molar-refractivity contribution in [2.75, 3.05) is 7.11 Å². The summed E-state index contributed by atoms with van der Waals surface area (Å²) < 4.78 is 11.2. The van der Waals surface area contributed by atoms with Crippen molar-refractivity contribution in [3.05, 3.63) is 47.5 Å². The van der Waals surface area contributed by atoms with Crippen LogP contribution in [0.25, 0.3) is 0 Å². The second-order valence-corrected chi connectivity index (χ2v) is 17.3. The van der Waals surface area contributed by atoms with Gasteiger partial charge in [0.05, 0.1) is 18.4 Å². The van der Waals surface area contributed by atoms with Gasteiger partial charge < -0.3 is 9.47 Å². The van der Waals surface area contributed by atoms with Crippen LogP contribution in [0.4, 0.5) is 0 Å². The first-order chi connectivity index (χ1) is 20.6. The molecule has 9 atom stereocenters. The number of esters is 2. The molecule has 5 aliphatic carbocycles. The van der Waals surface area contributed by atoms with Gasteiger partial charge in [0.25, 0.3) is 0 Å². The molecule has 0 radical (unpaired) electrons. The highest BCUT2D eigenvalue weighted by Gasteiger charge is 2.70. The first-order valence-corrected chi connectivity index (χ1v) is 17.1. The van der Waals surface area contributed by atoms with E-state index in [2.05, 4.69) is 54.5 Å². The summed E-state index contributed by atoms with van der Waals surface area (Å²) in [4.78, 5) is 41.2. The zero-order chi connectivity index (χ0) is 31.9. The fourth-order valence-corrected chi connectivity index (χ4v) is 11.8. The van der Waals surface area contributed by atoms with Gasteiger partial charge in [-0.15, -0.1) is 0 Å². The van der Waals surface area contributed by atoms with Gasteiger partial charge in [-0.05, 0) is 115 Å². The normalized spacial score (nSPS) is 44.2. The number of ether oxygens (including phenoxy) is 2. The van der Waals surface area contributed by atoms with Crippen LogP contribution >= 0.6 is 0 Å². The molecule has 5 heteroatoms. The SMILES string of the molecule is COC(=O)[C@H]1CC[C@]2(C)[C@H]3C(=O)C=C4[C@@H]5C[C@@](C)(C(=O)OCc6ccccc6)CC[C@]5(C)CC[C@@]4(C)[C@]3(C)CC[C@H]2C1(C)C. The molecule has 4 saturated carbocycles. The summed E-state index contributed by atoms with van der Waals surface area (Å²) in [5, 5.41) is 0. The Bertz CT molecular complexity index is 1380. The molecular weight excluding hydrogens is 548 g/mol. The predicted molar refractivity (Wildman–Crippen MR) is 171 cm³/mol. The van der Waals surface area contributed by atoms with E-state index in [0.29, 0.717) is 6.61 Å². The van der Waals surface area contributed by atoms with Crippen LogP contribution in [0, 0.1) is 56.2 Å². The van der Waals surface area contributed by atoms with E-state index in [9.17, 15) is 14.4 Å². The minimum Gasteiger partial charge on any atom is -0.469 e. The Morgan fingerprint density at radius 2 is 1.55 bits per heavy atom. The minimum absolute atomic E-state index is 0.0736. The van der Waals surface area contributed by atoms with Gasteiger partial charge in [-0.25, -0.2) is 0 Å². The number of fused-ring (bicyclic) bond motifs is 7. The predicted octanol–water partition coefficient (Wildman–Crippen LogP) is 8.50. The fraction of sp³-hybridized carbons (Fsp3) is 0.718. The van der Waals surface area contributed by atoms with Crippen LogP contribution in [-0.4, -0.2) is 24.8 Å². The number of hydrogen-bond donors (Lipinski definition) is 0. The van der Waals surface area contributed by atoms with Crippen LogP contribution in [0.2, 0.25) is 0 Å². The third-order valence-electron chi connectivity index (χ3n) is 14.8. The molecular formula is C39H54O5. The number of hydrogen-bond acceptors (Lipinski definition) is 5. The van der Waals surface area contributed by atoms with Crippen molar-refractivity contribution in [1.29, 1.82) is 0 Å². The lowest BCUT2D eigenvalue weighted by molar-refractivity contribution is -0.199. The molecule has 0 amide bonds. The van der Waals surface area contributed by atoms with E-state index in [-0.39, 0.29) is 68.5 Å². The summed E-state index contributed by atoms with van der Waals surface area (Å²) in [6, 6.07) is 9.90. The fourth-order valence-electron chi connectivity index (χ4n) is 11.8. The average molecular weight is 603 g/mol. The van der Waals surface area contributed by atoms with E-state index in [1.165, 1.54) is 12.7 Å². The summed E-state index contributed by atoms with van der Waals surface area (Å²) in [6.07, 6.45) is 10.4. The second-order valence-electron chi connectivity index (χ2n) is 17.3. The maximum atomic E-state index is 14.6. The molecule has 240 valence electrons. The molecule has 0 N–H and O–H groups in total. The maximum absolute atomic E-state index is 14.6. The third kappa shape index (κ3) is 4.33. The maximum Gasteiger partial charge on any atom is 0.312 e. The number of carbonyl (C=O) groups excluding carboxylic acids is 3. The van der Waals surface area contributed by atoms with E-state index in [0.717, 1.165) is 63.4 Å². The van der Waals surface area contributed by atoms with E-state index in [1.807, 2.05) is 30.3 Å². The first-order valence-electron chi connectivity index (χ1n) is 17.1. The van der Waals surface area contributed by atoms with Crippen LogP contribution in [0.5, 0.6) is 0 Å². The van der Waals surface area contributed by atoms with Gasteiger partial charge in [0, 0.05) is 5.92 Å². The lowest BCUT2D eigenvalue weighted by atomic mass is 9.33. The lowest BCUT2D eigenvalue weighted by Gasteiger charge is -2.70. The van der Waals surface area contributed by atoms with Gasteiger partial charge >= 0.3 is 11.9 Å². The molecule has 0 heterocycles.